The molecule has 0 aromatic heterocycles. The van der Waals surface area contributed by atoms with Gasteiger partial charge in [-0.15, -0.1) is 0 Å². The minimum Gasteiger partial charge on any atom is -0.469 e. The predicted octanol–water partition coefficient (Wildman–Crippen LogP) is 0.740. The molecule has 18 heavy (non-hydrogen) atoms. The molecule has 0 spiro atoms. The van der Waals surface area contributed by atoms with Crippen LogP contribution in [0.2, 0.25) is 0 Å². The molecule has 0 saturated carbocycles. The summed E-state index contributed by atoms with van der Waals surface area (Å²) in [4.78, 5) is 26.8. The number of amides is 1. The summed E-state index contributed by atoms with van der Waals surface area (Å²) in [6, 6.07) is 0. The molecule has 1 aliphatic rings. The molecule has 1 fully saturated rings. The summed E-state index contributed by atoms with van der Waals surface area (Å²) in [5, 5.41) is 0. The summed E-state index contributed by atoms with van der Waals surface area (Å²) in [6.45, 7) is 4.85. The number of esters is 1. The van der Waals surface area contributed by atoms with E-state index in [1.54, 1.807) is 0 Å². The fourth-order valence-corrected chi connectivity index (χ4v) is 2.21. The van der Waals surface area contributed by atoms with Crippen LogP contribution in [-0.2, 0) is 14.3 Å². The van der Waals surface area contributed by atoms with Crippen LogP contribution in [0.25, 0.3) is 0 Å². The second-order valence-corrected chi connectivity index (χ2v) is 5.15. The summed E-state index contributed by atoms with van der Waals surface area (Å²) in [6.07, 6.45) is 2.64. The number of hydrogen-bond donors (Lipinski definition) is 0. The van der Waals surface area contributed by atoms with Crippen LogP contribution in [0.4, 0.5) is 0 Å². The number of carbonyl (C=O) groups excluding carboxylic acids is 2. The molecule has 1 unspecified atom stereocenters. The highest BCUT2D eigenvalue weighted by atomic mass is 16.5. The van der Waals surface area contributed by atoms with Crippen LogP contribution in [0, 0.1) is 5.92 Å². The molecule has 1 aliphatic heterocycles. The third kappa shape index (κ3) is 5.04. The Morgan fingerprint density at radius 2 is 2.17 bits per heavy atom. The normalized spacial score (nSPS) is 20.0. The minimum atomic E-state index is -0.235. The lowest BCUT2D eigenvalue weighted by Crippen LogP contribution is -2.44. The van der Waals surface area contributed by atoms with Crippen molar-refractivity contribution in [2.75, 3.05) is 40.3 Å². The van der Waals surface area contributed by atoms with Crippen LogP contribution in [0.1, 0.15) is 26.2 Å². The molecule has 0 bridgehead atoms. The summed E-state index contributed by atoms with van der Waals surface area (Å²) in [5.74, 6) is 0.526. The van der Waals surface area contributed by atoms with E-state index in [9.17, 15) is 9.59 Å². The maximum absolute atomic E-state index is 12.0. The number of likely N-dealkylation sites (N-methyl/N-ethyl adjacent to an activating group) is 1. The van der Waals surface area contributed by atoms with Crippen LogP contribution < -0.4 is 0 Å². The molecule has 0 aliphatic carbocycles. The zero-order valence-electron chi connectivity index (χ0n) is 11.6. The van der Waals surface area contributed by atoms with Crippen LogP contribution in [-0.4, -0.2) is 62.0 Å². The van der Waals surface area contributed by atoms with Gasteiger partial charge in [0.1, 0.15) is 0 Å². The smallest absolute Gasteiger partial charge is 0.306 e. The van der Waals surface area contributed by atoms with Crippen molar-refractivity contribution in [2.45, 2.75) is 26.2 Å². The van der Waals surface area contributed by atoms with Gasteiger partial charge >= 0.3 is 5.97 Å². The van der Waals surface area contributed by atoms with Crippen molar-refractivity contribution in [3.05, 3.63) is 0 Å². The number of piperidine rings is 1. The van der Waals surface area contributed by atoms with Crippen molar-refractivity contribution >= 4 is 11.9 Å². The van der Waals surface area contributed by atoms with Crippen LogP contribution >= 0.6 is 0 Å². The first-order chi connectivity index (χ1) is 8.52. The summed E-state index contributed by atoms with van der Waals surface area (Å²) < 4.78 is 4.58. The lowest BCUT2D eigenvalue weighted by molar-refractivity contribution is -0.141. The van der Waals surface area contributed by atoms with Crippen LogP contribution in [0.5, 0.6) is 0 Å². The van der Waals surface area contributed by atoms with E-state index in [1.165, 1.54) is 13.5 Å². The number of hydrogen-bond acceptors (Lipinski definition) is 4. The van der Waals surface area contributed by atoms with E-state index in [0.29, 0.717) is 25.4 Å². The summed E-state index contributed by atoms with van der Waals surface area (Å²) in [7, 11) is 3.23. The molecule has 5 nitrogen and oxygen atoms in total. The monoisotopic (exact) mass is 256 g/mol. The fourth-order valence-electron chi connectivity index (χ4n) is 2.21. The number of carbonyl (C=O) groups is 2. The number of likely N-dealkylation sites (tertiary alicyclic amines) is 1. The van der Waals surface area contributed by atoms with Gasteiger partial charge in [-0.3, -0.25) is 14.5 Å². The summed E-state index contributed by atoms with van der Waals surface area (Å²) in [5.41, 5.74) is 0. The Morgan fingerprint density at radius 1 is 1.44 bits per heavy atom. The molecule has 0 N–H and O–H groups in total. The Kier molecular flexibility index (Phi) is 6.12. The van der Waals surface area contributed by atoms with Gasteiger partial charge < -0.3 is 9.64 Å². The maximum Gasteiger partial charge on any atom is 0.306 e. The molecule has 5 heteroatoms. The standard InChI is InChI=1S/C13H24N2O3/c1-11-5-4-7-15(9-11)12(16)10-14(2)8-6-13(17)18-3/h11H,4-10H2,1-3H3. The lowest BCUT2D eigenvalue weighted by Gasteiger charge is -2.32. The Labute approximate surface area is 109 Å². The van der Waals surface area contributed by atoms with Crippen molar-refractivity contribution < 1.29 is 14.3 Å². The second-order valence-electron chi connectivity index (χ2n) is 5.15. The highest BCUT2D eigenvalue weighted by molar-refractivity contribution is 5.78. The SMILES string of the molecule is COC(=O)CCN(C)CC(=O)N1CCCC(C)C1. The summed E-state index contributed by atoms with van der Waals surface area (Å²) >= 11 is 0. The number of nitrogens with zero attached hydrogens (tertiary/aromatic N) is 2. The van der Waals surface area contributed by atoms with E-state index >= 15 is 0 Å². The van der Waals surface area contributed by atoms with Gasteiger partial charge in [0, 0.05) is 19.6 Å². The molecule has 1 saturated heterocycles. The largest absolute Gasteiger partial charge is 0.469 e. The van der Waals surface area contributed by atoms with Crippen molar-refractivity contribution in [3.8, 4) is 0 Å². The van der Waals surface area contributed by atoms with Gasteiger partial charge in [0.15, 0.2) is 0 Å². The van der Waals surface area contributed by atoms with Crippen molar-refractivity contribution in [1.29, 1.82) is 0 Å². The maximum atomic E-state index is 12.0. The van der Waals surface area contributed by atoms with Gasteiger partial charge in [0.05, 0.1) is 20.1 Å². The molecule has 1 amide bonds. The van der Waals surface area contributed by atoms with Gasteiger partial charge in [-0.2, -0.15) is 0 Å². The second kappa shape index (κ2) is 7.36. The molecule has 0 radical (unpaired) electrons. The number of ether oxygens (including phenoxy) is 1. The molecular weight excluding hydrogens is 232 g/mol. The zero-order valence-corrected chi connectivity index (χ0v) is 11.6. The first-order valence-corrected chi connectivity index (χ1v) is 6.56. The zero-order chi connectivity index (χ0) is 13.5. The van der Waals surface area contributed by atoms with E-state index in [4.69, 9.17) is 0 Å². The topological polar surface area (TPSA) is 49.9 Å². The highest BCUT2D eigenvalue weighted by Crippen LogP contribution is 2.15. The van der Waals surface area contributed by atoms with Gasteiger partial charge in [0.25, 0.3) is 0 Å². The molecule has 0 aromatic rings. The average Bonchev–Trinajstić information content (AvgIpc) is 2.35. The van der Waals surface area contributed by atoms with Crippen molar-refractivity contribution in [2.24, 2.45) is 5.92 Å². The van der Waals surface area contributed by atoms with E-state index in [1.807, 2.05) is 16.8 Å². The molecule has 1 atom stereocenters. The molecule has 1 heterocycles. The Morgan fingerprint density at radius 3 is 2.78 bits per heavy atom. The van der Waals surface area contributed by atoms with Gasteiger partial charge in [-0.1, -0.05) is 6.92 Å². The van der Waals surface area contributed by atoms with Gasteiger partial charge in [-0.05, 0) is 25.8 Å². The van der Waals surface area contributed by atoms with Gasteiger partial charge in [0.2, 0.25) is 5.91 Å². The lowest BCUT2D eigenvalue weighted by atomic mass is 10.0. The first kappa shape index (κ1) is 15.0. The van der Waals surface area contributed by atoms with E-state index < -0.39 is 0 Å². The number of rotatable bonds is 5. The number of methoxy groups -OCH3 is 1. The predicted molar refractivity (Wildman–Crippen MR) is 69.1 cm³/mol. The quantitative estimate of drug-likeness (QED) is 0.681. The van der Waals surface area contributed by atoms with Crippen LogP contribution in [0.3, 0.4) is 0 Å². The van der Waals surface area contributed by atoms with Crippen LogP contribution in [0.15, 0.2) is 0 Å². The third-order valence-corrected chi connectivity index (χ3v) is 3.34. The first-order valence-electron chi connectivity index (χ1n) is 6.56. The minimum absolute atomic E-state index is 0.161. The van der Waals surface area contributed by atoms with Crippen molar-refractivity contribution in [3.63, 3.8) is 0 Å². The molecule has 0 aromatic carbocycles. The molecule has 104 valence electrons. The molecule has 1 rings (SSSR count). The van der Waals surface area contributed by atoms with E-state index in [2.05, 4.69) is 11.7 Å². The highest BCUT2D eigenvalue weighted by Gasteiger charge is 2.21. The Hall–Kier alpha value is -1.10. The molecular formula is C13H24N2O3. The van der Waals surface area contributed by atoms with E-state index in [-0.39, 0.29) is 11.9 Å². The Balaban J connectivity index is 2.28. The van der Waals surface area contributed by atoms with E-state index in [0.717, 1.165) is 19.5 Å². The fraction of sp³-hybridized carbons (Fsp3) is 0.846. The third-order valence-electron chi connectivity index (χ3n) is 3.34. The average molecular weight is 256 g/mol. The Bertz CT molecular complexity index is 294. The van der Waals surface area contributed by atoms with Gasteiger partial charge in [-0.25, -0.2) is 0 Å². The van der Waals surface area contributed by atoms with Crippen molar-refractivity contribution in [1.82, 2.24) is 9.80 Å².